The van der Waals surface area contributed by atoms with E-state index in [9.17, 15) is 4.79 Å². The maximum Gasteiger partial charge on any atom is 0.262 e. The molecule has 7 heteroatoms. The third-order valence-electron chi connectivity index (χ3n) is 6.23. The molecule has 1 aromatic heterocycles. The summed E-state index contributed by atoms with van der Waals surface area (Å²) in [5.74, 6) is 1.16. The van der Waals surface area contributed by atoms with Gasteiger partial charge < -0.3 is 19.2 Å². The van der Waals surface area contributed by atoms with Crippen molar-refractivity contribution in [3.05, 3.63) is 83.6 Å². The summed E-state index contributed by atoms with van der Waals surface area (Å²) < 4.78 is 13.1. The lowest BCUT2D eigenvalue weighted by atomic mass is 9.97. The maximum absolute atomic E-state index is 13.4. The number of likely N-dealkylation sites (N-methyl/N-ethyl adjacent to an activating group) is 1. The molecular formula is C30H33N3O4. The molecule has 0 saturated heterocycles. The Labute approximate surface area is 217 Å². The lowest BCUT2D eigenvalue weighted by Gasteiger charge is -2.14. The molecule has 0 unspecified atom stereocenters. The van der Waals surface area contributed by atoms with Crippen LogP contribution in [-0.4, -0.2) is 63.1 Å². The number of methoxy groups -OCH3 is 1. The first kappa shape index (κ1) is 26.0. The van der Waals surface area contributed by atoms with Gasteiger partial charge in [-0.25, -0.2) is 0 Å². The quantitative estimate of drug-likeness (QED) is 0.215. The molecule has 0 N–H and O–H groups in total. The van der Waals surface area contributed by atoms with Crippen molar-refractivity contribution >= 4 is 23.0 Å². The van der Waals surface area contributed by atoms with E-state index in [0.29, 0.717) is 30.1 Å². The lowest BCUT2D eigenvalue weighted by Crippen LogP contribution is -2.19. The van der Waals surface area contributed by atoms with E-state index in [1.807, 2.05) is 56.6 Å². The van der Waals surface area contributed by atoms with Crippen molar-refractivity contribution < 1.29 is 19.1 Å². The van der Waals surface area contributed by atoms with E-state index in [1.165, 1.54) is 7.11 Å². The molecule has 0 aliphatic carbocycles. The monoisotopic (exact) mass is 499 g/mol. The van der Waals surface area contributed by atoms with Crippen molar-refractivity contribution in [2.75, 3.05) is 41.5 Å². The number of aryl methyl sites for hydroxylation is 1. The Balaban J connectivity index is 1.57. The van der Waals surface area contributed by atoms with Crippen LogP contribution in [0.4, 0.5) is 0 Å². The zero-order valence-electron chi connectivity index (χ0n) is 22.0. The van der Waals surface area contributed by atoms with Gasteiger partial charge in [0.2, 0.25) is 0 Å². The molecule has 0 spiro atoms. The van der Waals surface area contributed by atoms with Gasteiger partial charge in [0, 0.05) is 42.4 Å². The molecule has 1 heterocycles. The third kappa shape index (κ3) is 6.01. The summed E-state index contributed by atoms with van der Waals surface area (Å²) in [6, 6.07) is 19.8. The smallest absolute Gasteiger partial charge is 0.262 e. The number of benzene rings is 3. The van der Waals surface area contributed by atoms with Crippen molar-refractivity contribution in [3.63, 3.8) is 0 Å². The van der Waals surface area contributed by atoms with Crippen molar-refractivity contribution in [1.82, 2.24) is 9.47 Å². The molecule has 0 amide bonds. The van der Waals surface area contributed by atoms with Gasteiger partial charge in [0.1, 0.15) is 13.7 Å². The normalized spacial score (nSPS) is 11.4. The molecule has 0 saturated carbocycles. The molecule has 4 aromatic rings. The second kappa shape index (κ2) is 11.8. The van der Waals surface area contributed by atoms with E-state index in [4.69, 9.17) is 14.3 Å². The average molecular weight is 500 g/mol. The summed E-state index contributed by atoms with van der Waals surface area (Å²) in [7, 11) is 7.15. The number of rotatable bonds is 10. The number of fused-ring (bicyclic) bond motifs is 1. The molecule has 0 radical (unpaired) electrons. The van der Waals surface area contributed by atoms with Gasteiger partial charge in [-0.2, -0.15) is 0 Å². The predicted molar refractivity (Wildman–Crippen MR) is 148 cm³/mol. The Hall–Kier alpha value is -4.10. The van der Waals surface area contributed by atoms with E-state index >= 15 is 0 Å². The highest BCUT2D eigenvalue weighted by Gasteiger charge is 2.16. The van der Waals surface area contributed by atoms with Gasteiger partial charge in [0.15, 0.2) is 11.5 Å². The fraction of sp³-hybridized carbons (Fsp3) is 0.267. The van der Waals surface area contributed by atoms with Gasteiger partial charge in [0.05, 0.1) is 12.6 Å². The number of ether oxygens (including phenoxy) is 2. The van der Waals surface area contributed by atoms with Gasteiger partial charge in [-0.3, -0.25) is 9.36 Å². The molecule has 0 aliphatic rings. The zero-order valence-corrected chi connectivity index (χ0v) is 22.0. The Morgan fingerprint density at radius 2 is 1.78 bits per heavy atom. The van der Waals surface area contributed by atoms with Crippen LogP contribution in [0.25, 0.3) is 22.0 Å². The highest BCUT2D eigenvalue weighted by atomic mass is 16.6. The Morgan fingerprint density at radius 1 is 1.00 bits per heavy atom. The molecule has 192 valence electrons. The van der Waals surface area contributed by atoms with Gasteiger partial charge in [-0.1, -0.05) is 35.5 Å². The van der Waals surface area contributed by atoms with Crippen LogP contribution in [0.2, 0.25) is 0 Å². The van der Waals surface area contributed by atoms with Crippen molar-refractivity contribution in [2.24, 2.45) is 5.16 Å². The third-order valence-corrected chi connectivity index (χ3v) is 6.23. The molecule has 7 nitrogen and oxygen atoms in total. The van der Waals surface area contributed by atoms with E-state index in [2.05, 4.69) is 35.2 Å². The molecule has 0 fully saturated rings. The van der Waals surface area contributed by atoms with Crippen molar-refractivity contribution in [1.29, 1.82) is 0 Å². The number of aromatic nitrogens is 1. The summed E-state index contributed by atoms with van der Waals surface area (Å²) in [4.78, 5) is 20.2. The summed E-state index contributed by atoms with van der Waals surface area (Å²) in [6.07, 6.45) is 4.25. The van der Waals surface area contributed by atoms with Crippen molar-refractivity contribution in [3.8, 4) is 22.6 Å². The minimum Gasteiger partial charge on any atom is -0.493 e. The minimum absolute atomic E-state index is 0.101. The second-order valence-electron chi connectivity index (χ2n) is 9.11. The molecule has 37 heavy (non-hydrogen) atoms. The first-order chi connectivity index (χ1) is 17.9. The fourth-order valence-corrected chi connectivity index (χ4v) is 4.26. The summed E-state index contributed by atoms with van der Waals surface area (Å²) in [5.41, 5.74) is 5.90. The molecule has 0 atom stereocenters. The van der Waals surface area contributed by atoms with Crippen LogP contribution in [0.1, 0.15) is 21.5 Å². The minimum atomic E-state index is -0.101. The Morgan fingerprint density at radius 3 is 2.46 bits per heavy atom. The first-order valence-electron chi connectivity index (χ1n) is 12.2. The van der Waals surface area contributed by atoms with Crippen LogP contribution < -0.4 is 9.47 Å². The topological polar surface area (TPSA) is 65.3 Å². The van der Waals surface area contributed by atoms with Crippen molar-refractivity contribution in [2.45, 2.75) is 13.3 Å². The molecule has 0 bridgehead atoms. The lowest BCUT2D eigenvalue weighted by molar-refractivity contribution is 0.0965. The second-order valence-corrected chi connectivity index (χ2v) is 9.11. The van der Waals surface area contributed by atoms with Crippen LogP contribution in [0.15, 0.2) is 72.0 Å². The largest absolute Gasteiger partial charge is 0.493 e. The van der Waals surface area contributed by atoms with Gasteiger partial charge in [-0.05, 0) is 67.5 Å². The van der Waals surface area contributed by atoms with E-state index in [-0.39, 0.29) is 5.91 Å². The van der Waals surface area contributed by atoms with Crippen LogP contribution in [0.5, 0.6) is 11.5 Å². The van der Waals surface area contributed by atoms with E-state index < -0.39 is 0 Å². The SMILES string of the molecule is CON=CCc1ccc(-c2ccc(C(=O)n3ccc4cc(OC)c(OCCN(C)C)cc43)cc2)c(C)c1. The highest BCUT2D eigenvalue weighted by Crippen LogP contribution is 2.33. The number of carbonyl (C=O) groups is 1. The zero-order chi connectivity index (χ0) is 26.4. The van der Waals surface area contributed by atoms with Gasteiger partial charge in [-0.15, -0.1) is 0 Å². The molecule has 3 aromatic carbocycles. The van der Waals surface area contributed by atoms with Crippen LogP contribution in [0.3, 0.4) is 0 Å². The standard InChI is InChI=1S/C30H33N3O4/c1-21-18-22(12-14-31-36-5)6-11-26(21)23-7-9-24(10-8-23)30(34)33-15-13-25-19-28(35-4)29(20-27(25)33)37-17-16-32(2)3/h6-11,13-15,18-20H,12,16-17H2,1-5H3. The van der Waals surface area contributed by atoms with Gasteiger partial charge in [0.25, 0.3) is 5.91 Å². The van der Waals surface area contributed by atoms with Gasteiger partial charge >= 0.3 is 0 Å². The first-order valence-corrected chi connectivity index (χ1v) is 12.2. The number of oxime groups is 1. The maximum atomic E-state index is 13.4. The fourth-order valence-electron chi connectivity index (χ4n) is 4.26. The molecule has 0 aliphatic heterocycles. The van der Waals surface area contributed by atoms with Crippen LogP contribution in [-0.2, 0) is 11.3 Å². The highest BCUT2D eigenvalue weighted by molar-refractivity contribution is 6.03. The van der Waals surface area contributed by atoms with E-state index in [1.54, 1.807) is 24.1 Å². The predicted octanol–water partition coefficient (Wildman–Crippen LogP) is 5.43. The Bertz CT molecular complexity index is 1400. The molecule has 4 rings (SSSR count). The molecular weight excluding hydrogens is 466 g/mol. The number of carbonyl (C=O) groups excluding carboxylic acids is 1. The van der Waals surface area contributed by atoms with Crippen LogP contribution in [0, 0.1) is 6.92 Å². The average Bonchev–Trinajstić information content (AvgIpc) is 3.30. The summed E-state index contributed by atoms with van der Waals surface area (Å²) >= 11 is 0. The van der Waals surface area contributed by atoms with E-state index in [0.717, 1.165) is 39.7 Å². The van der Waals surface area contributed by atoms with Crippen LogP contribution >= 0.6 is 0 Å². The number of hydrogen-bond acceptors (Lipinski definition) is 6. The summed E-state index contributed by atoms with van der Waals surface area (Å²) in [5, 5.41) is 4.71. The number of nitrogens with zero attached hydrogens (tertiary/aromatic N) is 3. The Kier molecular flexibility index (Phi) is 8.25. The summed E-state index contributed by atoms with van der Waals surface area (Å²) in [6.45, 7) is 3.38. The number of hydrogen-bond donors (Lipinski definition) is 0.